The summed E-state index contributed by atoms with van der Waals surface area (Å²) < 4.78 is 5.10. The molecule has 1 aliphatic heterocycles. The summed E-state index contributed by atoms with van der Waals surface area (Å²) in [6.07, 6.45) is 0.979. The highest BCUT2D eigenvalue weighted by Crippen LogP contribution is 2.13. The Labute approximate surface area is 123 Å². The SMILES string of the molecule is CCc1ccc(CNC(=O)NC2COCC2C(=O)O)cc1. The number of aryl methyl sites for hydroxylation is 1. The van der Waals surface area contributed by atoms with E-state index >= 15 is 0 Å². The predicted molar refractivity (Wildman–Crippen MR) is 76.9 cm³/mol. The van der Waals surface area contributed by atoms with Crippen LogP contribution in [0.1, 0.15) is 18.1 Å². The quantitative estimate of drug-likeness (QED) is 0.759. The first kappa shape index (κ1) is 15.3. The minimum atomic E-state index is -0.951. The fraction of sp³-hybridized carbons (Fsp3) is 0.467. The van der Waals surface area contributed by atoms with Crippen molar-refractivity contribution < 1.29 is 19.4 Å². The van der Waals surface area contributed by atoms with Gasteiger partial charge in [0, 0.05) is 6.54 Å². The minimum Gasteiger partial charge on any atom is -0.481 e. The largest absolute Gasteiger partial charge is 0.481 e. The number of benzene rings is 1. The first-order valence-corrected chi connectivity index (χ1v) is 7.03. The van der Waals surface area contributed by atoms with Crippen molar-refractivity contribution in [3.8, 4) is 0 Å². The zero-order chi connectivity index (χ0) is 15.2. The van der Waals surface area contributed by atoms with Crippen molar-refractivity contribution in [1.29, 1.82) is 0 Å². The van der Waals surface area contributed by atoms with Gasteiger partial charge in [-0.05, 0) is 17.5 Å². The molecule has 114 valence electrons. The number of nitrogens with one attached hydrogen (secondary N) is 2. The summed E-state index contributed by atoms with van der Waals surface area (Å²) in [4.78, 5) is 22.8. The average molecular weight is 292 g/mol. The number of hydrogen-bond donors (Lipinski definition) is 3. The third-order valence-electron chi connectivity index (χ3n) is 3.60. The van der Waals surface area contributed by atoms with E-state index in [0.29, 0.717) is 6.54 Å². The van der Waals surface area contributed by atoms with Crippen LogP contribution in [0, 0.1) is 5.92 Å². The molecular weight excluding hydrogens is 272 g/mol. The predicted octanol–water partition coefficient (Wildman–Crippen LogP) is 1.15. The fourth-order valence-corrected chi connectivity index (χ4v) is 2.23. The van der Waals surface area contributed by atoms with Crippen molar-refractivity contribution in [1.82, 2.24) is 10.6 Å². The van der Waals surface area contributed by atoms with Gasteiger partial charge in [0.1, 0.15) is 5.92 Å². The topological polar surface area (TPSA) is 87.7 Å². The first-order chi connectivity index (χ1) is 10.1. The van der Waals surface area contributed by atoms with Crippen LogP contribution in [0.2, 0.25) is 0 Å². The molecule has 1 saturated heterocycles. The van der Waals surface area contributed by atoms with E-state index in [1.165, 1.54) is 5.56 Å². The molecule has 0 radical (unpaired) electrons. The number of rotatable bonds is 5. The number of amides is 2. The molecule has 1 aromatic carbocycles. The van der Waals surface area contributed by atoms with E-state index < -0.39 is 17.9 Å². The van der Waals surface area contributed by atoms with E-state index in [1.54, 1.807) is 0 Å². The zero-order valence-electron chi connectivity index (χ0n) is 12.0. The summed E-state index contributed by atoms with van der Waals surface area (Å²) >= 11 is 0. The van der Waals surface area contributed by atoms with E-state index in [0.717, 1.165) is 12.0 Å². The highest BCUT2D eigenvalue weighted by atomic mass is 16.5. The van der Waals surface area contributed by atoms with Gasteiger partial charge in [-0.3, -0.25) is 4.79 Å². The van der Waals surface area contributed by atoms with Gasteiger partial charge in [-0.1, -0.05) is 31.2 Å². The van der Waals surface area contributed by atoms with E-state index in [1.807, 2.05) is 24.3 Å². The summed E-state index contributed by atoms with van der Waals surface area (Å²) in [6.45, 7) is 2.86. The molecule has 1 heterocycles. The van der Waals surface area contributed by atoms with Gasteiger partial charge in [-0.2, -0.15) is 0 Å². The molecule has 2 unspecified atom stereocenters. The number of carboxylic acid groups (broad SMARTS) is 1. The van der Waals surface area contributed by atoms with Gasteiger partial charge in [-0.25, -0.2) is 4.79 Å². The Hall–Kier alpha value is -2.08. The molecule has 6 heteroatoms. The van der Waals surface area contributed by atoms with Crippen molar-refractivity contribution in [3.05, 3.63) is 35.4 Å². The van der Waals surface area contributed by atoms with Gasteiger partial charge in [0.25, 0.3) is 0 Å². The molecular formula is C15H20N2O4. The van der Waals surface area contributed by atoms with Crippen molar-refractivity contribution in [2.45, 2.75) is 25.9 Å². The molecule has 1 aliphatic rings. The maximum atomic E-state index is 11.8. The molecule has 0 spiro atoms. The van der Waals surface area contributed by atoms with Crippen molar-refractivity contribution in [3.63, 3.8) is 0 Å². The van der Waals surface area contributed by atoms with Crippen LogP contribution in [0.25, 0.3) is 0 Å². The van der Waals surface area contributed by atoms with Crippen molar-refractivity contribution in [2.24, 2.45) is 5.92 Å². The molecule has 1 aromatic rings. The second-order valence-corrected chi connectivity index (χ2v) is 5.09. The van der Waals surface area contributed by atoms with E-state index in [2.05, 4.69) is 17.6 Å². The highest BCUT2D eigenvalue weighted by molar-refractivity contribution is 5.77. The van der Waals surface area contributed by atoms with Gasteiger partial charge in [0.2, 0.25) is 0 Å². The van der Waals surface area contributed by atoms with Crippen LogP contribution in [0.15, 0.2) is 24.3 Å². The number of ether oxygens (including phenoxy) is 1. The third-order valence-corrected chi connectivity index (χ3v) is 3.60. The molecule has 3 N–H and O–H groups in total. The number of carbonyl (C=O) groups excluding carboxylic acids is 1. The third kappa shape index (κ3) is 4.19. The van der Waals surface area contributed by atoms with E-state index in [9.17, 15) is 9.59 Å². The van der Waals surface area contributed by atoms with E-state index in [4.69, 9.17) is 9.84 Å². The number of urea groups is 1. The second kappa shape index (κ2) is 7.08. The van der Waals surface area contributed by atoms with Gasteiger partial charge in [0.15, 0.2) is 0 Å². The Bertz CT molecular complexity index is 501. The highest BCUT2D eigenvalue weighted by Gasteiger charge is 2.34. The standard InChI is InChI=1S/C15H20N2O4/c1-2-10-3-5-11(6-4-10)7-16-15(20)17-13-9-21-8-12(13)14(18)19/h3-6,12-13H,2,7-9H2,1H3,(H,18,19)(H2,16,17,20). The summed E-state index contributed by atoms with van der Waals surface area (Å²) in [6, 6.07) is 7.14. The van der Waals surface area contributed by atoms with Crippen LogP contribution >= 0.6 is 0 Å². The summed E-state index contributed by atoms with van der Waals surface area (Å²) in [5.74, 6) is -1.63. The first-order valence-electron chi connectivity index (χ1n) is 7.03. The Morgan fingerprint density at radius 2 is 1.90 bits per heavy atom. The van der Waals surface area contributed by atoms with Gasteiger partial charge in [-0.15, -0.1) is 0 Å². The lowest BCUT2D eigenvalue weighted by molar-refractivity contribution is -0.142. The van der Waals surface area contributed by atoms with Gasteiger partial charge in [0.05, 0.1) is 19.3 Å². The minimum absolute atomic E-state index is 0.138. The van der Waals surface area contributed by atoms with Crippen molar-refractivity contribution in [2.75, 3.05) is 13.2 Å². The molecule has 0 aromatic heterocycles. The van der Waals surface area contributed by atoms with E-state index in [-0.39, 0.29) is 19.2 Å². The molecule has 2 amide bonds. The molecule has 1 fully saturated rings. The number of carboxylic acids is 1. The Balaban J connectivity index is 1.80. The number of carbonyl (C=O) groups is 2. The van der Waals surface area contributed by atoms with Gasteiger partial charge < -0.3 is 20.5 Å². The maximum Gasteiger partial charge on any atom is 0.315 e. The monoisotopic (exact) mass is 292 g/mol. The van der Waals surface area contributed by atoms with Crippen LogP contribution in [0.4, 0.5) is 4.79 Å². The molecule has 0 saturated carbocycles. The molecule has 0 bridgehead atoms. The number of aliphatic carboxylic acids is 1. The number of hydrogen-bond acceptors (Lipinski definition) is 3. The fourth-order valence-electron chi connectivity index (χ4n) is 2.23. The lowest BCUT2D eigenvalue weighted by atomic mass is 10.0. The van der Waals surface area contributed by atoms with Crippen LogP contribution in [-0.4, -0.2) is 36.4 Å². The Kier molecular flexibility index (Phi) is 5.16. The van der Waals surface area contributed by atoms with Crippen molar-refractivity contribution >= 4 is 12.0 Å². The molecule has 2 atom stereocenters. The maximum absolute atomic E-state index is 11.8. The summed E-state index contributed by atoms with van der Waals surface area (Å²) in [5, 5.41) is 14.4. The summed E-state index contributed by atoms with van der Waals surface area (Å²) in [5.41, 5.74) is 2.25. The van der Waals surface area contributed by atoms with Crippen LogP contribution in [0.5, 0.6) is 0 Å². The smallest absolute Gasteiger partial charge is 0.315 e. The average Bonchev–Trinajstić information content (AvgIpc) is 2.94. The molecule has 21 heavy (non-hydrogen) atoms. The molecule has 0 aliphatic carbocycles. The molecule has 6 nitrogen and oxygen atoms in total. The van der Waals surface area contributed by atoms with Gasteiger partial charge >= 0.3 is 12.0 Å². The van der Waals surface area contributed by atoms with Crippen LogP contribution in [0.3, 0.4) is 0 Å². The zero-order valence-corrected chi connectivity index (χ0v) is 12.0. The molecule has 2 rings (SSSR count). The lowest BCUT2D eigenvalue weighted by Crippen LogP contribution is -2.47. The lowest BCUT2D eigenvalue weighted by Gasteiger charge is -2.16. The van der Waals surface area contributed by atoms with Crippen LogP contribution in [-0.2, 0) is 22.5 Å². The Morgan fingerprint density at radius 3 is 2.52 bits per heavy atom. The normalized spacial score (nSPS) is 21.0. The Morgan fingerprint density at radius 1 is 1.24 bits per heavy atom. The van der Waals surface area contributed by atoms with Crippen LogP contribution < -0.4 is 10.6 Å². The summed E-state index contributed by atoms with van der Waals surface area (Å²) in [7, 11) is 0. The second-order valence-electron chi connectivity index (χ2n) is 5.09.